The normalized spacial score (nSPS) is 16.7. The van der Waals surface area contributed by atoms with Crippen LogP contribution in [-0.4, -0.2) is 4.58 Å². The van der Waals surface area contributed by atoms with Crippen molar-refractivity contribution in [3.05, 3.63) is 11.9 Å². The van der Waals surface area contributed by atoms with Gasteiger partial charge >= 0.3 is 6.08 Å². The van der Waals surface area contributed by atoms with Crippen molar-refractivity contribution in [2.45, 2.75) is 11.5 Å². The second-order valence-corrected chi connectivity index (χ2v) is 2.95. The summed E-state index contributed by atoms with van der Waals surface area (Å²) >= 11 is 2.06. The molecule has 0 radical (unpaired) electrons. The first-order chi connectivity index (χ1) is 3.85. The summed E-state index contributed by atoms with van der Waals surface area (Å²) < 4.78 is 43.4. The maximum atomic E-state index is 12.0. The smallest absolute Gasteiger partial charge is 0.224 e. The minimum atomic E-state index is -2.74. The summed E-state index contributed by atoms with van der Waals surface area (Å²) in [5, 5.41) is 0. The van der Waals surface area contributed by atoms with Crippen molar-refractivity contribution in [3.63, 3.8) is 0 Å². The van der Waals surface area contributed by atoms with E-state index in [1.807, 2.05) is 0 Å². The average Bonchev–Trinajstić information content (AvgIpc) is 1.62. The monoisotopic (exact) mass is 206 g/mol. The van der Waals surface area contributed by atoms with Crippen LogP contribution in [0.25, 0.3) is 0 Å². The van der Waals surface area contributed by atoms with Crippen LogP contribution in [0.1, 0.15) is 6.92 Å². The third-order valence-corrected chi connectivity index (χ3v) is 0.899. The van der Waals surface area contributed by atoms with Crippen LogP contribution < -0.4 is 0 Å². The first-order valence-corrected chi connectivity index (χ1v) is 2.74. The fourth-order valence-electron chi connectivity index (χ4n) is 0.166. The SMILES string of the molecule is CC(F)(Br)C(F)=C(F)F. The molecule has 0 aromatic rings. The zero-order valence-corrected chi connectivity index (χ0v) is 5.98. The number of rotatable bonds is 1. The third-order valence-electron chi connectivity index (χ3n) is 0.551. The molecule has 0 N–H and O–H groups in total. The zero-order valence-electron chi connectivity index (χ0n) is 4.39. The Morgan fingerprint density at radius 1 is 1.33 bits per heavy atom. The van der Waals surface area contributed by atoms with Crippen molar-refractivity contribution in [1.29, 1.82) is 0 Å². The standard InChI is InChI=1S/C4H3BrF4/c1-4(5,9)2(6)3(7)8/h1H3. The summed E-state index contributed by atoms with van der Waals surface area (Å²) in [7, 11) is 0. The van der Waals surface area contributed by atoms with Crippen molar-refractivity contribution in [2.75, 3.05) is 0 Å². The van der Waals surface area contributed by atoms with Crippen LogP contribution in [0.5, 0.6) is 0 Å². The summed E-state index contributed by atoms with van der Waals surface area (Å²) in [6.07, 6.45) is -2.64. The van der Waals surface area contributed by atoms with Gasteiger partial charge in [-0.1, -0.05) is 0 Å². The predicted molar refractivity (Wildman–Crippen MR) is 28.8 cm³/mol. The van der Waals surface area contributed by atoms with E-state index < -0.39 is 16.5 Å². The fourth-order valence-corrected chi connectivity index (χ4v) is 0.316. The Hall–Kier alpha value is -0.0600. The quantitative estimate of drug-likeness (QED) is 0.457. The van der Waals surface area contributed by atoms with E-state index in [0.29, 0.717) is 6.92 Å². The highest BCUT2D eigenvalue weighted by Crippen LogP contribution is 2.32. The van der Waals surface area contributed by atoms with Crippen LogP contribution in [-0.2, 0) is 0 Å². The molecule has 0 fully saturated rings. The highest BCUT2D eigenvalue weighted by Gasteiger charge is 2.29. The number of hydrogen-bond acceptors (Lipinski definition) is 0. The van der Waals surface area contributed by atoms with Gasteiger partial charge in [0, 0.05) is 0 Å². The molecule has 0 rings (SSSR count). The number of hydrogen-bond donors (Lipinski definition) is 0. The van der Waals surface area contributed by atoms with Crippen molar-refractivity contribution in [1.82, 2.24) is 0 Å². The van der Waals surface area contributed by atoms with E-state index in [-0.39, 0.29) is 0 Å². The van der Waals surface area contributed by atoms with E-state index in [1.165, 1.54) is 0 Å². The zero-order chi connectivity index (χ0) is 7.65. The Labute approximate surface area is 57.7 Å². The predicted octanol–water partition coefficient (Wildman–Crippen LogP) is 3.14. The van der Waals surface area contributed by atoms with E-state index in [9.17, 15) is 17.6 Å². The van der Waals surface area contributed by atoms with E-state index in [4.69, 9.17) is 0 Å². The summed E-state index contributed by atoms with van der Waals surface area (Å²) in [5.74, 6) is -2.08. The molecule has 0 saturated carbocycles. The van der Waals surface area contributed by atoms with Crippen molar-refractivity contribution in [3.8, 4) is 0 Å². The van der Waals surface area contributed by atoms with Crippen LogP contribution in [0.15, 0.2) is 11.9 Å². The topological polar surface area (TPSA) is 0 Å². The molecular formula is C4H3BrF4. The van der Waals surface area contributed by atoms with Crippen LogP contribution in [0.2, 0.25) is 0 Å². The molecule has 1 unspecified atom stereocenters. The molecule has 0 aliphatic carbocycles. The molecule has 0 bridgehead atoms. The number of halogens is 5. The molecule has 0 amide bonds. The lowest BCUT2D eigenvalue weighted by Gasteiger charge is -2.05. The van der Waals surface area contributed by atoms with Crippen molar-refractivity contribution in [2.24, 2.45) is 0 Å². The number of allylic oxidation sites excluding steroid dienone is 1. The Bertz CT molecular complexity index is 130. The number of alkyl halides is 2. The van der Waals surface area contributed by atoms with Gasteiger partial charge in [0.2, 0.25) is 10.4 Å². The van der Waals surface area contributed by atoms with Gasteiger partial charge in [0.1, 0.15) is 0 Å². The van der Waals surface area contributed by atoms with Gasteiger partial charge in [-0.3, -0.25) is 0 Å². The molecule has 5 heteroatoms. The fraction of sp³-hybridized carbons (Fsp3) is 0.500. The Morgan fingerprint density at radius 3 is 1.67 bits per heavy atom. The maximum Gasteiger partial charge on any atom is 0.305 e. The highest BCUT2D eigenvalue weighted by atomic mass is 79.9. The molecule has 54 valence electrons. The minimum Gasteiger partial charge on any atom is -0.224 e. The lowest BCUT2D eigenvalue weighted by Crippen LogP contribution is -2.07. The molecule has 0 nitrogen and oxygen atoms in total. The second-order valence-electron chi connectivity index (χ2n) is 1.46. The molecule has 0 saturated heterocycles. The van der Waals surface area contributed by atoms with Gasteiger partial charge in [0.25, 0.3) is 0 Å². The molecule has 0 spiro atoms. The van der Waals surface area contributed by atoms with Crippen LogP contribution in [0.4, 0.5) is 17.6 Å². The summed E-state index contributed by atoms with van der Waals surface area (Å²) in [6, 6.07) is 0. The lowest BCUT2D eigenvalue weighted by molar-refractivity contribution is 0.275. The maximum absolute atomic E-state index is 12.0. The van der Waals surface area contributed by atoms with Gasteiger partial charge in [-0.05, 0) is 22.9 Å². The molecule has 0 aromatic heterocycles. The van der Waals surface area contributed by atoms with Gasteiger partial charge in [0.15, 0.2) is 0 Å². The molecule has 9 heavy (non-hydrogen) atoms. The van der Waals surface area contributed by atoms with Crippen LogP contribution in [0, 0.1) is 0 Å². The summed E-state index contributed by atoms with van der Waals surface area (Å²) in [6.45, 7) is 0.640. The van der Waals surface area contributed by atoms with E-state index in [2.05, 4.69) is 15.9 Å². The molecular weight excluding hydrogens is 204 g/mol. The van der Waals surface area contributed by atoms with Gasteiger partial charge in [-0.2, -0.15) is 8.78 Å². The molecule has 0 heterocycles. The van der Waals surface area contributed by atoms with Crippen molar-refractivity contribution >= 4 is 15.9 Å². The third kappa shape index (κ3) is 2.84. The molecule has 0 aromatic carbocycles. The lowest BCUT2D eigenvalue weighted by atomic mass is 10.4. The largest absolute Gasteiger partial charge is 0.305 e. The first-order valence-electron chi connectivity index (χ1n) is 1.94. The second kappa shape index (κ2) is 2.68. The average molecular weight is 207 g/mol. The highest BCUT2D eigenvalue weighted by molar-refractivity contribution is 9.10. The minimum absolute atomic E-state index is 0.640. The summed E-state index contributed by atoms with van der Waals surface area (Å²) in [5.41, 5.74) is 0. The van der Waals surface area contributed by atoms with Gasteiger partial charge < -0.3 is 0 Å². The van der Waals surface area contributed by atoms with Gasteiger partial charge in [-0.25, -0.2) is 8.78 Å². The van der Waals surface area contributed by atoms with Crippen molar-refractivity contribution < 1.29 is 17.6 Å². The van der Waals surface area contributed by atoms with Gasteiger partial charge in [-0.15, -0.1) is 0 Å². The molecule has 0 aliphatic heterocycles. The van der Waals surface area contributed by atoms with Crippen LogP contribution >= 0.6 is 15.9 Å². The molecule has 1 atom stereocenters. The Balaban J connectivity index is 4.40. The van der Waals surface area contributed by atoms with E-state index in [0.717, 1.165) is 0 Å². The van der Waals surface area contributed by atoms with E-state index in [1.54, 1.807) is 0 Å². The van der Waals surface area contributed by atoms with Crippen LogP contribution in [0.3, 0.4) is 0 Å². The molecule has 0 aliphatic rings. The Kier molecular flexibility index (Phi) is 2.66. The Morgan fingerprint density at radius 2 is 1.67 bits per heavy atom. The van der Waals surface area contributed by atoms with Gasteiger partial charge in [0.05, 0.1) is 0 Å². The first kappa shape index (κ1) is 8.94. The van der Waals surface area contributed by atoms with E-state index >= 15 is 0 Å². The summed E-state index contributed by atoms with van der Waals surface area (Å²) in [4.78, 5) is 0.